The Balaban J connectivity index is 1.77. The van der Waals surface area contributed by atoms with E-state index in [1.54, 1.807) is 29.2 Å². The average Bonchev–Trinajstić information content (AvgIpc) is 2.61. The molecule has 1 N–H and O–H groups in total. The van der Waals surface area contributed by atoms with Crippen LogP contribution < -0.4 is 11.2 Å². The second-order valence-electron chi connectivity index (χ2n) is 5.92. The molecule has 0 spiro atoms. The number of aromatic nitrogens is 2. The summed E-state index contributed by atoms with van der Waals surface area (Å²) in [6, 6.07) is 6.90. The minimum absolute atomic E-state index is 0.000990. The van der Waals surface area contributed by atoms with Crippen molar-refractivity contribution < 1.29 is 9.53 Å². The van der Waals surface area contributed by atoms with Gasteiger partial charge in [0.2, 0.25) is 5.91 Å². The monoisotopic (exact) mass is 331 g/mol. The highest BCUT2D eigenvalue weighted by Gasteiger charge is 2.23. The number of rotatable bonds is 4. The number of benzene rings is 1. The Labute approximate surface area is 138 Å². The molecule has 1 aliphatic rings. The Hall–Kier alpha value is -2.41. The molecule has 2 heterocycles. The average molecular weight is 331 g/mol. The second kappa shape index (κ2) is 7.00. The molecule has 24 heavy (non-hydrogen) atoms. The molecule has 1 aromatic heterocycles. The molecular formula is C17H21N3O4. The molecule has 128 valence electrons. The Morgan fingerprint density at radius 3 is 2.92 bits per heavy atom. The first-order valence-corrected chi connectivity index (χ1v) is 8.21. The zero-order valence-corrected chi connectivity index (χ0v) is 13.7. The summed E-state index contributed by atoms with van der Waals surface area (Å²) in [5.41, 5.74) is -0.343. The Kier molecular flexibility index (Phi) is 4.80. The van der Waals surface area contributed by atoms with Crippen molar-refractivity contribution in [3.05, 3.63) is 45.1 Å². The van der Waals surface area contributed by atoms with Crippen molar-refractivity contribution >= 4 is 16.8 Å². The Morgan fingerprint density at radius 1 is 1.33 bits per heavy atom. The first-order chi connectivity index (χ1) is 11.6. The SMILES string of the molecule is CC[C@@H]1CN(C(=O)CCn2c(=O)[nH]c(=O)c3ccccc32)CCO1. The van der Waals surface area contributed by atoms with E-state index in [0.717, 1.165) is 6.42 Å². The number of H-pyrrole nitrogens is 1. The van der Waals surface area contributed by atoms with Crippen molar-refractivity contribution in [2.45, 2.75) is 32.4 Å². The van der Waals surface area contributed by atoms with E-state index in [9.17, 15) is 14.4 Å². The molecule has 1 aromatic carbocycles. The number of fused-ring (bicyclic) bond motifs is 1. The molecule has 2 aromatic rings. The van der Waals surface area contributed by atoms with Crippen molar-refractivity contribution in [3.8, 4) is 0 Å². The number of aryl methyl sites for hydroxylation is 1. The number of morpholine rings is 1. The van der Waals surface area contributed by atoms with Gasteiger partial charge < -0.3 is 9.64 Å². The van der Waals surface area contributed by atoms with Crippen molar-refractivity contribution in [2.24, 2.45) is 0 Å². The molecule has 1 fully saturated rings. The summed E-state index contributed by atoms with van der Waals surface area (Å²) >= 11 is 0. The first kappa shape index (κ1) is 16.4. The van der Waals surface area contributed by atoms with E-state index in [-0.39, 0.29) is 25.0 Å². The van der Waals surface area contributed by atoms with E-state index in [1.165, 1.54) is 4.57 Å². The second-order valence-corrected chi connectivity index (χ2v) is 5.92. The van der Waals surface area contributed by atoms with E-state index in [1.807, 2.05) is 6.92 Å². The van der Waals surface area contributed by atoms with Crippen LogP contribution in [-0.4, -0.2) is 46.2 Å². The zero-order chi connectivity index (χ0) is 17.1. The number of carbonyl (C=O) groups is 1. The quantitative estimate of drug-likeness (QED) is 0.894. The van der Waals surface area contributed by atoms with Gasteiger partial charge >= 0.3 is 5.69 Å². The third kappa shape index (κ3) is 3.26. The number of para-hydroxylation sites is 1. The summed E-state index contributed by atoms with van der Waals surface area (Å²) in [4.78, 5) is 40.5. The fraction of sp³-hybridized carbons (Fsp3) is 0.471. The fourth-order valence-corrected chi connectivity index (χ4v) is 3.02. The lowest BCUT2D eigenvalue weighted by atomic mass is 10.2. The highest BCUT2D eigenvalue weighted by Crippen LogP contribution is 2.11. The Bertz CT molecular complexity index is 855. The molecule has 1 saturated heterocycles. The molecule has 0 aliphatic carbocycles. The highest BCUT2D eigenvalue weighted by molar-refractivity contribution is 5.79. The number of aromatic amines is 1. The molecule has 0 bridgehead atoms. The molecular weight excluding hydrogens is 310 g/mol. The predicted molar refractivity (Wildman–Crippen MR) is 90.1 cm³/mol. The fourth-order valence-electron chi connectivity index (χ4n) is 3.02. The van der Waals surface area contributed by atoms with Gasteiger partial charge in [0.1, 0.15) is 0 Å². The van der Waals surface area contributed by atoms with Gasteiger partial charge in [-0.25, -0.2) is 4.79 Å². The van der Waals surface area contributed by atoms with Gasteiger partial charge in [-0.2, -0.15) is 0 Å². The maximum Gasteiger partial charge on any atom is 0.328 e. The summed E-state index contributed by atoms with van der Waals surface area (Å²) in [5.74, 6) is -0.000990. The van der Waals surface area contributed by atoms with Gasteiger partial charge in [-0.3, -0.25) is 19.1 Å². The van der Waals surface area contributed by atoms with Crippen LogP contribution in [0.5, 0.6) is 0 Å². The molecule has 0 unspecified atom stereocenters. The lowest BCUT2D eigenvalue weighted by Crippen LogP contribution is -2.45. The lowest BCUT2D eigenvalue weighted by molar-refractivity contribution is -0.139. The molecule has 0 saturated carbocycles. The number of amides is 1. The van der Waals surface area contributed by atoms with Crippen molar-refractivity contribution in [2.75, 3.05) is 19.7 Å². The summed E-state index contributed by atoms with van der Waals surface area (Å²) in [5, 5.41) is 0.446. The molecule has 1 atom stereocenters. The van der Waals surface area contributed by atoms with Crippen molar-refractivity contribution in [3.63, 3.8) is 0 Å². The summed E-state index contributed by atoms with van der Waals surface area (Å²) < 4.78 is 7.02. The van der Waals surface area contributed by atoms with Crippen molar-refractivity contribution in [1.82, 2.24) is 14.5 Å². The van der Waals surface area contributed by atoms with E-state index in [4.69, 9.17) is 4.74 Å². The smallest absolute Gasteiger partial charge is 0.328 e. The van der Waals surface area contributed by atoms with Gasteiger partial charge in [0.25, 0.3) is 5.56 Å². The molecule has 3 rings (SSSR count). The first-order valence-electron chi connectivity index (χ1n) is 8.21. The van der Waals surface area contributed by atoms with Crippen LogP contribution in [0.25, 0.3) is 10.9 Å². The zero-order valence-electron chi connectivity index (χ0n) is 13.7. The maximum absolute atomic E-state index is 12.4. The van der Waals surface area contributed by atoms with Gasteiger partial charge in [0, 0.05) is 26.1 Å². The van der Waals surface area contributed by atoms with E-state index >= 15 is 0 Å². The minimum atomic E-state index is -0.486. The van der Waals surface area contributed by atoms with Crippen molar-refractivity contribution in [1.29, 1.82) is 0 Å². The molecule has 1 amide bonds. The molecule has 0 radical (unpaired) electrons. The van der Waals surface area contributed by atoms with Crippen LogP contribution in [0.4, 0.5) is 0 Å². The number of hydrogen-bond donors (Lipinski definition) is 1. The predicted octanol–water partition coefficient (Wildman–Crippen LogP) is 0.717. The largest absolute Gasteiger partial charge is 0.375 e. The van der Waals surface area contributed by atoms with E-state index < -0.39 is 11.2 Å². The standard InChI is InChI=1S/C17H21N3O4/c1-2-12-11-19(9-10-24-12)15(21)7-8-20-14-6-4-3-5-13(14)16(22)18-17(20)23/h3-6,12H,2,7-11H2,1H3,(H,18,22,23)/t12-/m1/s1. The van der Waals surface area contributed by atoms with Gasteiger partial charge in [-0.1, -0.05) is 19.1 Å². The minimum Gasteiger partial charge on any atom is -0.375 e. The third-order valence-corrected chi connectivity index (χ3v) is 4.40. The highest BCUT2D eigenvalue weighted by atomic mass is 16.5. The summed E-state index contributed by atoms with van der Waals surface area (Å²) in [6.07, 6.45) is 1.17. The van der Waals surface area contributed by atoms with Gasteiger partial charge in [0.15, 0.2) is 0 Å². The number of carbonyl (C=O) groups excluding carboxylic acids is 1. The van der Waals surface area contributed by atoms with Crippen LogP contribution in [0.2, 0.25) is 0 Å². The van der Waals surface area contributed by atoms with E-state index in [0.29, 0.717) is 30.6 Å². The van der Waals surface area contributed by atoms with Gasteiger partial charge in [0.05, 0.1) is 23.6 Å². The Morgan fingerprint density at radius 2 is 2.12 bits per heavy atom. The number of nitrogens with zero attached hydrogens (tertiary/aromatic N) is 2. The van der Waals surface area contributed by atoms with Gasteiger partial charge in [-0.05, 0) is 18.6 Å². The van der Waals surface area contributed by atoms with Crippen LogP contribution >= 0.6 is 0 Å². The summed E-state index contributed by atoms with van der Waals surface area (Å²) in [7, 11) is 0. The number of hydrogen-bond acceptors (Lipinski definition) is 4. The summed E-state index contributed by atoms with van der Waals surface area (Å²) in [6.45, 7) is 3.99. The molecule has 7 heteroatoms. The third-order valence-electron chi connectivity index (χ3n) is 4.40. The maximum atomic E-state index is 12.4. The van der Waals surface area contributed by atoms with Crippen LogP contribution in [0.3, 0.4) is 0 Å². The van der Waals surface area contributed by atoms with E-state index in [2.05, 4.69) is 4.98 Å². The number of ether oxygens (including phenoxy) is 1. The molecule has 7 nitrogen and oxygen atoms in total. The van der Waals surface area contributed by atoms with Crippen LogP contribution in [0, 0.1) is 0 Å². The lowest BCUT2D eigenvalue weighted by Gasteiger charge is -2.32. The van der Waals surface area contributed by atoms with Crippen LogP contribution in [0.1, 0.15) is 19.8 Å². The molecule has 1 aliphatic heterocycles. The van der Waals surface area contributed by atoms with Gasteiger partial charge in [-0.15, -0.1) is 0 Å². The number of nitrogens with one attached hydrogen (secondary N) is 1. The topological polar surface area (TPSA) is 84.4 Å². The normalized spacial score (nSPS) is 18.0. The van der Waals surface area contributed by atoms with Crippen LogP contribution in [0.15, 0.2) is 33.9 Å². The van der Waals surface area contributed by atoms with Crippen LogP contribution in [-0.2, 0) is 16.1 Å².